The molecule has 1 heterocycles. The van der Waals surface area contributed by atoms with Gasteiger partial charge in [0.1, 0.15) is 0 Å². The average molecular weight is 306 g/mol. The number of aliphatic hydroxyl groups excluding tert-OH is 1. The first-order valence-electron chi connectivity index (χ1n) is 6.34. The fourth-order valence-corrected chi connectivity index (χ4v) is 3.16. The summed E-state index contributed by atoms with van der Waals surface area (Å²) in [5, 5.41) is 9.41. The molecule has 0 spiro atoms. The summed E-state index contributed by atoms with van der Waals surface area (Å²) in [6.45, 7) is 3.14. The number of benzene rings is 1. The van der Waals surface area contributed by atoms with Crippen LogP contribution in [-0.4, -0.2) is 30.7 Å². The summed E-state index contributed by atoms with van der Waals surface area (Å²) < 4.78 is 42.6. The molecule has 0 amide bonds. The molecule has 0 saturated carbocycles. The van der Waals surface area contributed by atoms with Crippen LogP contribution in [0.15, 0.2) is 24.3 Å². The minimum absolute atomic E-state index is 0.0831. The van der Waals surface area contributed by atoms with Crippen molar-refractivity contribution < 1.29 is 23.0 Å². The van der Waals surface area contributed by atoms with Crippen LogP contribution in [0.25, 0.3) is 0 Å². The zero-order valence-corrected chi connectivity index (χ0v) is 11.9. The van der Waals surface area contributed by atoms with Gasteiger partial charge in [-0.3, -0.25) is 0 Å². The second-order valence-electron chi connectivity index (χ2n) is 5.22. The highest BCUT2D eigenvalue weighted by atomic mass is 32.2. The first-order chi connectivity index (χ1) is 9.36. The molecule has 0 bridgehead atoms. The Morgan fingerprint density at radius 2 is 1.90 bits per heavy atom. The fourth-order valence-electron chi connectivity index (χ4n) is 1.95. The summed E-state index contributed by atoms with van der Waals surface area (Å²) in [6.07, 6.45) is -4.29. The van der Waals surface area contributed by atoms with Gasteiger partial charge in [0.15, 0.2) is 0 Å². The van der Waals surface area contributed by atoms with Crippen molar-refractivity contribution in [3.8, 4) is 0 Å². The van der Waals surface area contributed by atoms with Crippen LogP contribution in [0, 0.1) is 5.41 Å². The van der Waals surface area contributed by atoms with E-state index in [9.17, 15) is 18.3 Å². The van der Waals surface area contributed by atoms with Crippen molar-refractivity contribution in [3.05, 3.63) is 35.4 Å². The molecule has 2 nitrogen and oxygen atoms in total. The SMILES string of the molecule is CC(SCC1(CO)COC1)c1ccc(C(F)(F)F)cc1. The molecule has 1 aromatic rings. The van der Waals surface area contributed by atoms with Gasteiger partial charge in [-0.2, -0.15) is 24.9 Å². The minimum Gasteiger partial charge on any atom is -0.396 e. The molecule has 1 aliphatic rings. The summed E-state index contributed by atoms with van der Waals surface area (Å²) in [7, 11) is 0. The van der Waals surface area contributed by atoms with E-state index in [0.29, 0.717) is 13.2 Å². The van der Waals surface area contributed by atoms with E-state index in [2.05, 4.69) is 0 Å². The molecule has 6 heteroatoms. The third-order valence-electron chi connectivity index (χ3n) is 3.50. The van der Waals surface area contributed by atoms with Gasteiger partial charge in [-0.15, -0.1) is 0 Å². The Labute approximate surface area is 120 Å². The molecular formula is C14H17F3O2S. The molecule has 1 saturated heterocycles. The van der Waals surface area contributed by atoms with Crippen molar-refractivity contribution >= 4 is 11.8 Å². The summed E-state index contributed by atoms with van der Waals surface area (Å²) in [5.41, 5.74) is 0.0548. The largest absolute Gasteiger partial charge is 0.416 e. The monoisotopic (exact) mass is 306 g/mol. The van der Waals surface area contributed by atoms with Gasteiger partial charge >= 0.3 is 6.18 Å². The number of halogens is 3. The first-order valence-corrected chi connectivity index (χ1v) is 7.39. The lowest BCUT2D eigenvalue weighted by Crippen LogP contribution is -2.47. The van der Waals surface area contributed by atoms with Crippen LogP contribution in [0.3, 0.4) is 0 Å². The molecule has 0 radical (unpaired) electrons. The molecule has 1 unspecified atom stereocenters. The lowest BCUT2D eigenvalue weighted by molar-refractivity contribution is -0.137. The zero-order chi connectivity index (χ0) is 14.8. The van der Waals surface area contributed by atoms with E-state index in [-0.39, 0.29) is 17.3 Å². The summed E-state index contributed by atoms with van der Waals surface area (Å²) >= 11 is 1.63. The molecule has 1 aromatic carbocycles. The molecule has 1 atom stereocenters. The second-order valence-corrected chi connectivity index (χ2v) is 6.55. The normalized spacial score (nSPS) is 19.4. The second kappa shape index (κ2) is 5.95. The summed E-state index contributed by atoms with van der Waals surface area (Å²) in [6, 6.07) is 5.26. The van der Waals surface area contributed by atoms with E-state index in [1.807, 2.05) is 6.92 Å². The van der Waals surface area contributed by atoms with Crippen LogP contribution < -0.4 is 0 Å². The average Bonchev–Trinajstić information content (AvgIpc) is 2.37. The van der Waals surface area contributed by atoms with Crippen molar-refractivity contribution in [3.63, 3.8) is 0 Å². The van der Waals surface area contributed by atoms with E-state index in [4.69, 9.17) is 4.74 Å². The van der Waals surface area contributed by atoms with E-state index in [0.717, 1.165) is 23.4 Å². The third-order valence-corrected chi connectivity index (χ3v) is 5.05. The molecule has 20 heavy (non-hydrogen) atoms. The van der Waals surface area contributed by atoms with Gasteiger partial charge in [0.2, 0.25) is 0 Å². The Morgan fingerprint density at radius 3 is 2.30 bits per heavy atom. The lowest BCUT2D eigenvalue weighted by atomic mass is 9.90. The van der Waals surface area contributed by atoms with Crippen molar-refractivity contribution in [2.75, 3.05) is 25.6 Å². The van der Waals surface area contributed by atoms with E-state index in [1.54, 1.807) is 11.8 Å². The molecule has 1 fully saturated rings. The molecule has 2 rings (SSSR count). The van der Waals surface area contributed by atoms with Crippen LogP contribution in [-0.2, 0) is 10.9 Å². The van der Waals surface area contributed by atoms with Crippen LogP contribution >= 0.6 is 11.8 Å². The maximum absolute atomic E-state index is 12.5. The smallest absolute Gasteiger partial charge is 0.396 e. The molecule has 112 valence electrons. The Hall–Kier alpha value is -0.720. The highest BCUT2D eigenvalue weighted by Gasteiger charge is 2.38. The molecule has 1 N–H and O–H groups in total. The van der Waals surface area contributed by atoms with E-state index < -0.39 is 11.7 Å². The highest BCUT2D eigenvalue weighted by Crippen LogP contribution is 2.38. The molecule has 0 aromatic heterocycles. The van der Waals surface area contributed by atoms with Crippen LogP contribution in [0.4, 0.5) is 13.2 Å². The number of alkyl halides is 3. The molecule has 0 aliphatic carbocycles. The Kier molecular flexibility index (Phi) is 4.66. The third kappa shape index (κ3) is 3.48. The van der Waals surface area contributed by atoms with Crippen LogP contribution in [0.5, 0.6) is 0 Å². The van der Waals surface area contributed by atoms with Gasteiger partial charge in [-0.05, 0) is 24.6 Å². The number of rotatable bonds is 5. The van der Waals surface area contributed by atoms with Gasteiger partial charge in [0.25, 0.3) is 0 Å². The van der Waals surface area contributed by atoms with Gasteiger partial charge in [-0.1, -0.05) is 12.1 Å². The van der Waals surface area contributed by atoms with E-state index >= 15 is 0 Å². The Morgan fingerprint density at radius 1 is 1.30 bits per heavy atom. The van der Waals surface area contributed by atoms with Crippen molar-refractivity contribution in [1.82, 2.24) is 0 Å². The number of ether oxygens (including phenoxy) is 1. The van der Waals surface area contributed by atoms with Gasteiger partial charge in [0, 0.05) is 16.4 Å². The number of hydrogen-bond donors (Lipinski definition) is 1. The van der Waals surface area contributed by atoms with Gasteiger partial charge in [-0.25, -0.2) is 0 Å². The number of hydrogen-bond acceptors (Lipinski definition) is 3. The topological polar surface area (TPSA) is 29.5 Å². The Bertz CT molecular complexity index is 435. The van der Waals surface area contributed by atoms with Gasteiger partial charge < -0.3 is 9.84 Å². The lowest BCUT2D eigenvalue weighted by Gasteiger charge is -2.40. The van der Waals surface area contributed by atoms with Crippen molar-refractivity contribution in [1.29, 1.82) is 0 Å². The Balaban J connectivity index is 1.94. The molecule has 1 aliphatic heterocycles. The number of aliphatic hydroxyl groups is 1. The predicted octanol–water partition coefficient (Wildman–Crippen LogP) is 3.51. The van der Waals surface area contributed by atoms with Crippen LogP contribution in [0.1, 0.15) is 23.3 Å². The predicted molar refractivity (Wildman–Crippen MR) is 72.7 cm³/mol. The fraction of sp³-hybridized carbons (Fsp3) is 0.571. The first kappa shape index (κ1) is 15.7. The quantitative estimate of drug-likeness (QED) is 0.903. The molecular weight excluding hydrogens is 289 g/mol. The zero-order valence-electron chi connectivity index (χ0n) is 11.1. The highest BCUT2D eigenvalue weighted by molar-refractivity contribution is 7.99. The maximum Gasteiger partial charge on any atom is 0.416 e. The summed E-state index contributed by atoms with van der Waals surface area (Å²) in [5.74, 6) is 0.742. The number of thioether (sulfide) groups is 1. The van der Waals surface area contributed by atoms with Gasteiger partial charge in [0.05, 0.1) is 25.4 Å². The summed E-state index contributed by atoms with van der Waals surface area (Å²) in [4.78, 5) is 0. The van der Waals surface area contributed by atoms with E-state index in [1.165, 1.54) is 12.1 Å². The maximum atomic E-state index is 12.5. The van der Waals surface area contributed by atoms with Crippen LogP contribution in [0.2, 0.25) is 0 Å². The standard InChI is InChI=1S/C14H17F3O2S/c1-10(20-9-13(6-18)7-19-8-13)11-2-4-12(5-3-11)14(15,16)17/h2-5,10,18H,6-9H2,1H3. The van der Waals surface area contributed by atoms with Crippen molar-refractivity contribution in [2.45, 2.75) is 18.3 Å². The minimum atomic E-state index is -4.29. The van der Waals surface area contributed by atoms with Crippen molar-refractivity contribution in [2.24, 2.45) is 5.41 Å².